The van der Waals surface area contributed by atoms with Crippen molar-refractivity contribution in [2.45, 2.75) is 0 Å². The summed E-state index contributed by atoms with van der Waals surface area (Å²) < 4.78 is 5.83. The van der Waals surface area contributed by atoms with Gasteiger partial charge in [0.05, 0.1) is 13.3 Å². The predicted octanol–water partition coefficient (Wildman–Crippen LogP) is 0.0192. The van der Waals surface area contributed by atoms with Crippen molar-refractivity contribution in [1.29, 1.82) is 0 Å². The number of carbonyl (C=O) groups is 2. The molecule has 0 bridgehead atoms. The molecule has 0 radical (unpaired) electrons. The lowest BCUT2D eigenvalue weighted by molar-refractivity contribution is 0.0590. The van der Waals surface area contributed by atoms with Gasteiger partial charge in [-0.05, 0) is 0 Å². The maximum Gasteiger partial charge on any atom is 0.356 e. The molecule has 0 unspecified atom stereocenters. The largest absolute Gasteiger partial charge is 0.464 e. The fourth-order valence-corrected chi connectivity index (χ4v) is 0.828. The number of esters is 1. The number of hydrogen-bond acceptors (Lipinski definition) is 4. The van der Waals surface area contributed by atoms with E-state index in [0.717, 1.165) is 0 Å². The number of nitrogens with zero attached hydrogens (tertiary/aromatic N) is 2. The summed E-state index contributed by atoms with van der Waals surface area (Å²) in [5.74, 6) is -0.298. The maximum absolute atomic E-state index is 11.0. The van der Waals surface area contributed by atoms with Gasteiger partial charge in [-0.3, -0.25) is 4.79 Å². The summed E-state index contributed by atoms with van der Waals surface area (Å²) in [6.07, 6.45) is 1.88. The van der Waals surface area contributed by atoms with E-state index < -0.39 is 5.97 Å². The van der Waals surface area contributed by atoms with Gasteiger partial charge in [0, 0.05) is 7.05 Å². The van der Waals surface area contributed by atoms with Gasteiger partial charge in [0.25, 0.3) is 0 Å². The van der Waals surface area contributed by atoms with E-state index in [9.17, 15) is 9.59 Å². The molecule has 0 amide bonds. The Balaban J connectivity index is 3.10. The minimum Gasteiger partial charge on any atom is -0.464 e. The molecule has 0 saturated heterocycles. The van der Waals surface area contributed by atoms with Crippen LogP contribution in [-0.2, 0) is 11.8 Å². The number of carbonyl (C=O) groups excluding carboxylic acids is 2. The van der Waals surface area contributed by atoms with Crippen molar-refractivity contribution < 1.29 is 14.3 Å². The molecule has 1 rings (SSSR count). The molecule has 12 heavy (non-hydrogen) atoms. The second-order valence-electron chi connectivity index (χ2n) is 2.17. The van der Waals surface area contributed by atoms with Gasteiger partial charge in [-0.1, -0.05) is 0 Å². The van der Waals surface area contributed by atoms with Gasteiger partial charge < -0.3 is 9.30 Å². The van der Waals surface area contributed by atoms with E-state index >= 15 is 0 Å². The standard InChI is InChI=1S/C7H8N2O3/c1-9-5(7(11)12-2)3-8-6(9)4-10/h3-4H,1-2H3. The smallest absolute Gasteiger partial charge is 0.356 e. The fraction of sp³-hybridized carbons (Fsp3) is 0.286. The monoisotopic (exact) mass is 168 g/mol. The van der Waals surface area contributed by atoms with Crippen LogP contribution in [-0.4, -0.2) is 28.9 Å². The van der Waals surface area contributed by atoms with Gasteiger partial charge >= 0.3 is 5.97 Å². The van der Waals surface area contributed by atoms with Crippen LogP contribution in [0.4, 0.5) is 0 Å². The first-order valence-electron chi connectivity index (χ1n) is 3.26. The first-order valence-corrected chi connectivity index (χ1v) is 3.26. The number of hydrogen-bond donors (Lipinski definition) is 0. The van der Waals surface area contributed by atoms with Crippen LogP contribution in [0.5, 0.6) is 0 Å². The van der Waals surface area contributed by atoms with Crippen molar-refractivity contribution in [1.82, 2.24) is 9.55 Å². The minimum atomic E-state index is -0.502. The summed E-state index contributed by atoms with van der Waals surface area (Å²) in [7, 11) is 2.85. The van der Waals surface area contributed by atoms with Crippen LogP contribution in [0, 0.1) is 0 Å². The molecule has 0 atom stereocenters. The fourth-order valence-electron chi connectivity index (χ4n) is 0.828. The van der Waals surface area contributed by atoms with Gasteiger partial charge in [0.1, 0.15) is 5.69 Å². The number of ether oxygens (including phenoxy) is 1. The van der Waals surface area contributed by atoms with Gasteiger partial charge in [-0.15, -0.1) is 0 Å². The van der Waals surface area contributed by atoms with Crippen molar-refractivity contribution in [3.63, 3.8) is 0 Å². The minimum absolute atomic E-state index is 0.204. The first kappa shape index (κ1) is 8.45. The van der Waals surface area contributed by atoms with Crippen LogP contribution in [0.2, 0.25) is 0 Å². The lowest BCUT2D eigenvalue weighted by atomic mass is 10.5. The lowest BCUT2D eigenvalue weighted by Crippen LogP contribution is -2.08. The molecule has 0 N–H and O–H groups in total. The van der Waals surface area contributed by atoms with Crippen molar-refractivity contribution in [3.05, 3.63) is 17.7 Å². The average molecular weight is 168 g/mol. The van der Waals surface area contributed by atoms with Crippen LogP contribution in [0.25, 0.3) is 0 Å². The average Bonchev–Trinajstić information content (AvgIpc) is 2.45. The SMILES string of the molecule is COC(=O)c1cnc(C=O)n1C. The summed E-state index contributed by atoms with van der Waals surface area (Å²) in [5.41, 5.74) is 0.264. The van der Waals surface area contributed by atoms with E-state index in [1.165, 1.54) is 17.9 Å². The normalized spacial score (nSPS) is 9.50. The molecule has 0 saturated carbocycles. The lowest BCUT2D eigenvalue weighted by Gasteiger charge is -1.99. The summed E-state index contributed by atoms with van der Waals surface area (Å²) in [5, 5.41) is 0. The Hall–Kier alpha value is -1.65. The summed E-state index contributed by atoms with van der Waals surface area (Å²) in [6.45, 7) is 0. The van der Waals surface area contributed by atoms with Crippen molar-refractivity contribution in [2.24, 2.45) is 7.05 Å². The second-order valence-corrected chi connectivity index (χ2v) is 2.17. The molecule has 0 fully saturated rings. The summed E-state index contributed by atoms with van der Waals surface area (Å²) in [4.78, 5) is 25.0. The molecule has 0 aliphatic heterocycles. The zero-order valence-electron chi connectivity index (χ0n) is 6.77. The predicted molar refractivity (Wildman–Crippen MR) is 39.9 cm³/mol. The summed E-state index contributed by atoms with van der Waals surface area (Å²) in [6, 6.07) is 0. The number of imidazole rings is 1. The molecule has 0 aromatic carbocycles. The van der Waals surface area contributed by atoms with Crippen LogP contribution >= 0.6 is 0 Å². The van der Waals surface area contributed by atoms with Crippen molar-refractivity contribution >= 4 is 12.3 Å². The van der Waals surface area contributed by atoms with Gasteiger partial charge in [-0.25, -0.2) is 9.78 Å². The topological polar surface area (TPSA) is 61.2 Å². The highest BCUT2D eigenvalue weighted by Gasteiger charge is 2.12. The Labute approximate surface area is 69.0 Å². The van der Waals surface area contributed by atoms with Crippen LogP contribution in [0.1, 0.15) is 21.1 Å². The highest BCUT2D eigenvalue weighted by molar-refractivity contribution is 5.88. The molecule has 0 aliphatic rings. The molecule has 1 heterocycles. The van der Waals surface area contributed by atoms with Gasteiger partial charge in [0.2, 0.25) is 0 Å². The highest BCUT2D eigenvalue weighted by Crippen LogP contribution is 2.01. The van der Waals surface area contributed by atoms with E-state index in [1.54, 1.807) is 7.05 Å². The third-order valence-electron chi connectivity index (χ3n) is 1.52. The third kappa shape index (κ3) is 1.20. The molecule has 5 heteroatoms. The zero-order chi connectivity index (χ0) is 9.14. The number of aldehydes is 1. The van der Waals surface area contributed by atoms with Gasteiger partial charge in [-0.2, -0.15) is 0 Å². The Morgan fingerprint density at radius 2 is 2.42 bits per heavy atom. The molecular weight excluding hydrogens is 160 g/mol. The molecule has 64 valence electrons. The van der Waals surface area contributed by atoms with Gasteiger partial charge in [0.15, 0.2) is 12.1 Å². The summed E-state index contributed by atoms with van der Waals surface area (Å²) >= 11 is 0. The first-order chi connectivity index (χ1) is 5.70. The van der Waals surface area contributed by atoms with E-state index in [2.05, 4.69) is 9.72 Å². The van der Waals surface area contributed by atoms with Crippen LogP contribution < -0.4 is 0 Å². The van der Waals surface area contributed by atoms with E-state index in [0.29, 0.717) is 6.29 Å². The molecule has 1 aromatic rings. The van der Waals surface area contributed by atoms with E-state index in [4.69, 9.17) is 0 Å². The third-order valence-corrected chi connectivity index (χ3v) is 1.52. The number of methoxy groups -OCH3 is 1. The molecular formula is C7H8N2O3. The van der Waals surface area contributed by atoms with E-state index in [-0.39, 0.29) is 11.5 Å². The molecule has 0 aliphatic carbocycles. The van der Waals surface area contributed by atoms with Crippen molar-refractivity contribution in [3.8, 4) is 0 Å². The van der Waals surface area contributed by atoms with Crippen molar-refractivity contribution in [2.75, 3.05) is 7.11 Å². The van der Waals surface area contributed by atoms with Crippen LogP contribution in [0.3, 0.4) is 0 Å². The Morgan fingerprint density at radius 3 is 2.83 bits per heavy atom. The van der Waals surface area contributed by atoms with Crippen LogP contribution in [0.15, 0.2) is 6.20 Å². The Kier molecular flexibility index (Phi) is 2.23. The second kappa shape index (κ2) is 3.17. The Morgan fingerprint density at radius 1 is 1.75 bits per heavy atom. The number of rotatable bonds is 2. The molecule has 1 aromatic heterocycles. The van der Waals surface area contributed by atoms with E-state index in [1.807, 2.05) is 0 Å². The maximum atomic E-state index is 11.0. The highest BCUT2D eigenvalue weighted by atomic mass is 16.5. The quantitative estimate of drug-likeness (QED) is 0.461. The molecule has 5 nitrogen and oxygen atoms in total. The Bertz CT molecular complexity index is 316. The zero-order valence-corrected chi connectivity index (χ0v) is 6.77. The number of aromatic nitrogens is 2. The molecule has 0 spiro atoms.